The number of hydrogen-bond donors (Lipinski definition) is 2. The molecule has 10 nitrogen and oxygen atoms in total. The number of thiophene rings is 1. The van der Waals surface area contributed by atoms with Crippen LogP contribution in [0.1, 0.15) is 20.9 Å². The minimum absolute atomic E-state index is 0.0158. The molecule has 3 aromatic heterocycles. The van der Waals surface area contributed by atoms with Crippen LogP contribution in [0.4, 0.5) is 11.5 Å². The fourth-order valence-corrected chi connectivity index (χ4v) is 4.98. The molecule has 2 aromatic carbocycles. The van der Waals surface area contributed by atoms with Gasteiger partial charge in [-0.2, -0.15) is 5.26 Å². The number of nitrogens with two attached hydrogens (primary N) is 2. The van der Waals surface area contributed by atoms with Crippen LogP contribution in [-0.2, 0) is 0 Å². The van der Waals surface area contributed by atoms with Gasteiger partial charge >= 0.3 is 5.69 Å². The van der Waals surface area contributed by atoms with Crippen LogP contribution in [0.2, 0.25) is 5.02 Å². The van der Waals surface area contributed by atoms with Crippen LogP contribution < -0.4 is 26.0 Å². The first-order valence-electron chi connectivity index (χ1n) is 10.3. The number of nitrogens with zero attached hydrogens (tertiary/aromatic N) is 4. The van der Waals surface area contributed by atoms with Crippen molar-refractivity contribution >= 4 is 50.4 Å². The number of halogens is 1. The van der Waals surface area contributed by atoms with E-state index in [4.69, 9.17) is 32.3 Å². The zero-order valence-electron chi connectivity index (χ0n) is 18.5. The Bertz CT molecular complexity index is 1690. The summed E-state index contributed by atoms with van der Waals surface area (Å²) in [5.41, 5.74) is 13.8. The van der Waals surface area contributed by atoms with E-state index in [0.29, 0.717) is 37.8 Å². The number of fused-ring (bicyclic) bond motifs is 1. The fraction of sp³-hybridized carbons (Fsp3) is 0.0417. The van der Waals surface area contributed by atoms with Gasteiger partial charge in [0, 0.05) is 28.1 Å². The molecule has 0 aliphatic rings. The maximum absolute atomic E-state index is 13.6. The van der Waals surface area contributed by atoms with Gasteiger partial charge in [0.15, 0.2) is 5.95 Å². The second-order valence-corrected chi connectivity index (χ2v) is 8.97. The number of rotatable bonds is 5. The summed E-state index contributed by atoms with van der Waals surface area (Å²) in [6, 6.07) is 15.3. The molecule has 0 fully saturated rings. The highest BCUT2D eigenvalue weighted by atomic mass is 35.5. The van der Waals surface area contributed by atoms with Crippen LogP contribution in [0, 0.1) is 11.3 Å². The van der Waals surface area contributed by atoms with E-state index in [1.54, 1.807) is 48.5 Å². The van der Waals surface area contributed by atoms with Gasteiger partial charge in [0.25, 0.3) is 5.78 Å². The molecule has 178 valence electrons. The van der Waals surface area contributed by atoms with Gasteiger partial charge < -0.3 is 25.8 Å². The van der Waals surface area contributed by atoms with Gasteiger partial charge in [0.2, 0.25) is 5.69 Å². The Kier molecular flexibility index (Phi) is 5.68. The SMILES string of the molecule is COc1ccc(-[n+]2noc([O-])c2C(=O)c2sc3nc(N)c(C#N)c(-c4ccc(Cl)cc4)c3c2N)cc1. The molecule has 0 aliphatic heterocycles. The monoisotopic (exact) mass is 518 g/mol. The lowest BCUT2D eigenvalue weighted by atomic mass is 9.97. The van der Waals surface area contributed by atoms with E-state index in [9.17, 15) is 15.2 Å². The van der Waals surface area contributed by atoms with E-state index in [1.807, 2.05) is 0 Å². The minimum atomic E-state index is -0.934. The Morgan fingerprint density at radius 2 is 1.89 bits per heavy atom. The Hall–Kier alpha value is -4.66. The quantitative estimate of drug-likeness (QED) is 0.262. The van der Waals surface area contributed by atoms with Gasteiger partial charge in [-0.1, -0.05) is 23.7 Å². The number of carbonyl (C=O) groups is 1. The van der Waals surface area contributed by atoms with Crippen molar-refractivity contribution in [3.8, 4) is 34.6 Å². The van der Waals surface area contributed by atoms with E-state index in [-0.39, 0.29) is 27.6 Å². The van der Waals surface area contributed by atoms with Crippen LogP contribution in [0.5, 0.6) is 11.7 Å². The lowest BCUT2D eigenvalue weighted by molar-refractivity contribution is -0.672. The summed E-state index contributed by atoms with van der Waals surface area (Å²) in [7, 11) is 1.52. The molecule has 0 aliphatic carbocycles. The van der Waals surface area contributed by atoms with Crippen molar-refractivity contribution in [3.05, 3.63) is 69.7 Å². The number of anilines is 2. The standard InChI is InChI=1S/C24H15ClN6O4S/c1-34-14-8-6-13(7-9-14)31-19(24(33)35-30-31)20(32)21-18(27)17-16(11-2-4-12(25)5-3-11)15(10-26)22(28)29-23(17)36-21/h2-9H,1H3,(H4-,27,28,29,30,32,33). The summed E-state index contributed by atoms with van der Waals surface area (Å²) in [6.45, 7) is 0. The van der Waals surface area contributed by atoms with Crippen LogP contribution in [0.25, 0.3) is 27.0 Å². The Balaban J connectivity index is 1.71. The lowest BCUT2D eigenvalue weighted by Crippen LogP contribution is -2.39. The number of aromatic nitrogens is 3. The first kappa shape index (κ1) is 23.1. The number of ether oxygens (including phenoxy) is 1. The summed E-state index contributed by atoms with van der Waals surface area (Å²) in [4.78, 5) is 18.3. The van der Waals surface area contributed by atoms with Gasteiger partial charge in [0.05, 0.1) is 18.1 Å². The molecule has 4 N–H and O–H groups in total. The highest BCUT2D eigenvalue weighted by molar-refractivity contribution is 7.21. The first-order valence-corrected chi connectivity index (χ1v) is 11.5. The predicted molar refractivity (Wildman–Crippen MR) is 131 cm³/mol. The molecule has 0 amide bonds. The van der Waals surface area contributed by atoms with Crippen LogP contribution in [-0.4, -0.2) is 23.1 Å². The van der Waals surface area contributed by atoms with E-state index < -0.39 is 11.7 Å². The van der Waals surface area contributed by atoms with Gasteiger partial charge in [-0.25, -0.2) is 4.98 Å². The van der Waals surface area contributed by atoms with Crippen molar-refractivity contribution in [1.82, 2.24) is 10.3 Å². The average molecular weight is 519 g/mol. The van der Waals surface area contributed by atoms with Crippen LogP contribution in [0.3, 0.4) is 0 Å². The summed E-state index contributed by atoms with van der Waals surface area (Å²) < 4.78 is 11.0. The molecule has 0 saturated carbocycles. The second-order valence-electron chi connectivity index (χ2n) is 7.54. The molecule has 12 heteroatoms. The number of carbonyl (C=O) groups excluding carboxylic acids is 1. The minimum Gasteiger partial charge on any atom is -0.539 e. The third-order valence-corrected chi connectivity index (χ3v) is 6.85. The number of methoxy groups -OCH3 is 1. The molecule has 0 unspecified atom stereocenters. The largest absolute Gasteiger partial charge is 0.539 e. The van der Waals surface area contributed by atoms with Gasteiger partial charge in [-0.3, -0.25) is 4.79 Å². The zero-order valence-corrected chi connectivity index (χ0v) is 20.1. The van der Waals surface area contributed by atoms with E-state index in [1.165, 1.54) is 7.11 Å². The molecular weight excluding hydrogens is 504 g/mol. The summed E-state index contributed by atoms with van der Waals surface area (Å²) >= 11 is 6.98. The molecule has 5 aromatic rings. The fourth-order valence-electron chi connectivity index (χ4n) is 3.80. The molecule has 0 radical (unpaired) electrons. The van der Waals surface area contributed by atoms with E-state index in [0.717, 1.165) is 16.0 Å². The molecular formula is C24H15ClN6O4S. The molecule has 0 spiro atoms. The van der Waals surface area contributed by atoms with Crippen molar-refractivity contribution < 1.29 is 23.8 Å². The van der Waals surface area contributed by atoms with Gasteiger partial charge in [0.1, 0.15) is 32.9 Å². The van der Waals surface area contributed by atoms with Crippen molar-refractivity contribution in [2.24, 2.45) is 0 Å². The molecule has 0 atom stereocenters. The smallest absolute Gasteiger partial charge is 0.312 e. The third-order valence-electron chi connectivity index (χ3n) is 5.50. The number of nitrogen functional groups attached to an aromatic ring is 2. The van der Waals surface area contributed by atoms with E-state index >= 15 is 0 Å². The number of pyridine rings is 1. The highest BCUT2D eigenvalue weighted by Gasteiger charge is 2.33. The molecule has 5 rings (SSSR count). The maximum Gasteiger partial charge on any atom is 0.312 e. The average Bonchev–Trinajstić information content (AvgIpc) is 3.43. The van der Waals surface area contributed by atoms with Crippen LogP contribution in [0.15, 0.2) is 53.1 Å². The summed E-state index contributed by atoms with van der Waals surface area (Å²) in [5, 5.41) is 26.9. The maximum atomic E-state index is 13.6. The van der Waals surface area contributed by atoms with Gasteiger partial charge in [-0.15, -0.1) is 11.3 Å². The topological polar surface area (TPSA) is 168 Å². The second kappa shape index (κ2) is 8.84. The zero-order chi connectivity index (χ0) is 25.6. The molecule has 36 heavy (non-hydrogen) atoms. The van der Waals surface area contributed by atoms with Crippen LogP contribution >= 0.6 is 22.9 Å². The normalized spacial score (nSPS) is 10.9. The predicted octanol–water partition coefficient (Wildman–Crippen LogP) is 3.23. The van der Waals surface area contributed by atoms with Crippen molar-refractivity contribution in [2.75, 3.05) is 18.6 Å². The Labute approximate surface area is 212 Å². The molecule has 3 heterocycles. The highest BCUT2D eigenvalue weighted by Crippen LogP contribution is 2.43. The van der Waals surface area contributed by atoms with Crippen molar-refractivity contribution in [3.63, 3.8) is 0 Å². The van der Waals surface area contributed by atoms with Crippen molar-refractivity contribution in [1.29, 1.82) is 5.26 Å². The number of benzene rings is 2. The Morgan fingerprint density at radius 3 is 2.53 bits per heavy atom. The first-order chi connectivity index (χ1) is 17.3. The molecule has 0 saturated heterocycles. The summed E-state index contributed by atoms with van der Waals surface area (Å²) in [6.07, 6.45) is 0. The van der Waals surface area contributed by atoms with Gasteiger partial charge in [-0.05, 0) is 34.5 Å². The summed E-state index contributed by atoms with van der Waals surface area (Å²) in [5.74, 6) is -1.08. The number of nitriles is 1. The number of ketones is 1. The van der Waals surface area contributed by atoms with Crippen molar-refractivity contribution in [2.45, 2.75) is 0 Å². The third kappa shape index (κ3) is 3.65. The van der Waals surface area contributed by atoms with E-state index in [2.05, 4.69) is 16.3 Å². The Morgan fingerprint density at radius 1 is 1.19 bits per heavy atom. The molecule has 0 bridgehead atoms. The number of hydrogen-bond acceptors (Lipinski definition) is 10. The lowest BCUT2D eigenvalue weighted by Gasteiger charge is -2.09.